The van der Waals surface area contributed by atoms with Gasteiger partial charge in [0.1, 0.15) is 29.8 Å². The summed E-state index contributed by atoms with van der Waals surface area (Å²) in [6.45, 7) is -0.0602. The van der Waals surface area contributed by atoms with Gasteiger partial charge in [0.15, 0.2) is 0 Å². The van der Waals surface area contributed by atoms with Gasteiger partial charge in [0.05, 0.1) is 10.6 Å². The highest BCUT2D eigenvalue weighted by atomic mass is 35.5. The van der Waals surface area contributed by atoms with Gasteiger partial charge < -0.3 is 10.5 Å². The number of nitrogen functional groups attached to an aromatic ring is 1. The van der Waals surface area contributed by atoms with Gasteiger partial charge in [0.25, 0.3) is 0 Å². The third-order valence-corrected chi connectivity index (χ3v) is 2.88. The third-order valence-electron chi connectivity index (χ3n) is 2.56. The first-order valence-corrected chi connectivity index (χ1v) is 6.06. The van der Waals surface area contributed by atoms with Crippen molar-refractivity contribution in [3.05, 3.63) is 64.2 Å². The number of halogens is 3. The number of hydrogen-bond acceptors (Lipinski definition) is 2. The van der Waals surface area contributed by atoms with Crippen molar-refractivity contribution in [2.75, 3.05) is 0 Å². The van der Waals surface area contributed by atoms with Crippen molar-refractivity contribution in [3.63, 3.8) is 0 Å². The quantitative estimate of drug-likeness (QED) is 0.670. The zero-order valence-electron chi connectivity index (χ0n) is 10.3. The first-order valence-electron chi connectivity index (χ1n) is 5.68. The van der Waals surface area contributed by atoms with Crippen LogP contribution in [0.2, 0.25) is 5.02 Å². The van der Waals surface area contributed by atoms with Crippen molar-refractivity contribution in [3.8, 4) is 5.75 Å². The molecule has 0 spiro atoms. The standard InChI is InChI=1S/C14H11ClF2N2O/c15-11-2-1-3-12(13(11)14(18)19)20-7-8-4-9(16)6-10(17)5-8/h1-6H,7H2,(H3,18,19). The molecule has 0 heterocycles. The van der Waals surface area contributed by atoms with E-state index in [1.165, 1.54) is 12.1 Å². The Balaban J connectivity index is 2.23. The third kappa shape index (κ3) is 3.24. The molecule has 3 nitrogen and oxygen atoms in total. The molecule has 2 aromatic rings. The predicted octanol–water partition coefficient (Wildman–Crippen LogP) is 3.48. The van der Waals surface area contributed by atoms with Crippen molar-refractivity contribution in [2.24, 2.45) is 5.73 Å². The summed E-state index contributed by atoms with van der Waals surface area (Å²) in [5.74, 6) is -1.31. The van der Waals surface area contributed by atoms with E-state index in [0.717, 1.165) is 6.07 Å². The van der Waals surface area contributed by atoms with Crippen molar-refractivity contribution < 1.29 is 13.5 Å². The van der Waals surface area contributed by atoms with E-state index < -0.39 is 11.6 Å². The van der Waals surface area contributed by atoms with Gasteiger partial charge >= 0.3 is 0 Å². The molecular weight excluding hydrogens is 286 g/mol. The van der Waals surface area contributed by atoms with Gasteiger partial charge in [0.2, 0.25) is 0 Å². The molecular formula is C14H11ClF2N2O. The van der Waals surface area contributed by atoms with E-state index in [9.17, 15) is 8.78 Å². The highest BCUT2D eigenvalue weighted by Gasteiger charge is 2.11. The van der Waals surface area contributed by atoms with Gasteiger partial charge in [-0.1, -0.05) is 17.7 Å². The minimum absolute atomic E-state index is 0.0602. The van der Waals surface area contributed by atoms with Crippen molar-refractivity contribution >= 4 is 17.4 Å². The lowest BCUT2D eigenvalue weighted by Crippen LogP contribution is -2.14. The Hall–Kier alpha value is -2.14. The summed E-state index contributed by atoms with van der Waals surface area (Å²) in [4.78, 5) is 0. The van der Waals surface area contributed by atoms with Crippen LogP contribution in [0.1, 0.15) is 11.1 Å². The largest absolute Gasteiger partial charge is 0.488 e. The lowest BCUT2D eigenvalue weighted by atomic mass is 10.2. The molecule has 2 aromatic carbocycles. The van der Waals surface area contributed by atoms with Crippen LogP contribution in [0.3, 0.4) is 0 Å². The molecule has 0 aliphatic rings. The van der Waals surface area contributed by atoms with Crippen LogP contribution in [0.4, 0.5) is 8.78 Å². The Bertz CT molecular complexity index is 641. The molecule has 3 N–H and O–H groups in total. The van der Waals surface area contributed by atoms with Crippen molar-refractivity contribution in [2.45, 2.75) is 6.61 Å². The van der Waals surface area contributed by atoms with Gasteiger partial charge in [-0.2, -0.15) is 0 Å². The Labute approximate surface area is 119 Å². The highest BCUT2D eigenvalue weighted by Crippen LogP contribution is 2.26. The molecule has 20 heavy (non-hydrogen) atoms. The number of nitrogens with one attached hydrogen (secondary N) is 1. The second kappa shape index (κ2) is 5.88. The zero-order valence-corrected chi connectivity index (χ0v) is 11.0. The first kappa shape index (κ1) is 14.3. The summed E-state index contributed by atoms with van der Waals surface area (Å²) < 4.78 is 31.5. The van der Waals surface area contributed by atoms with Gasteiger partial charge in [-0.05, 0) is 29.8 Å². The van der Waals surface area contributed by atoms with Crippen LogP contribution < -0.4 is 10.5 Å². The summed E-state index contributed by atoms with van der Waals surface area (Å²) in [5.41, 5.74) is 6.02. The van der Waals surface area contributed by atoms with Gasteiger partial charge in [-0.25, -0.2) is 8.78 Å². The molecule has 0 radical (unpaired) electrons. The van der Waals surface area contributed by atoms with E-state index in [4.69, 9.17) is 27.5 Å². The zero-order chi connectivity index (χ0) is 14.7. The Morgan fingerprint density at radius 2 is 1.85 bits per heavy atom. The molecule has 0 bridgehead atoms. The second-order valence-corrected chi connectivity index (χ2v) is 4.50. The molecule has 0 saturated carbocycles. The summed E-state index contributed by atoms with van der Waals surface area (Å²) in [5, 5.41) is 7.74. The maximum Gasteiger partial charge on any atom is 0.132 e. The molecule has 0 unspecified atom stereocenters. The average Bonchev–Trinajstić information content (AvgIpc) is 2.34. The number of hydrogen-bond donors (Lipinski definition) is 2. The van der Waals surface area contributed by atoms with Crippen LogP contribution in [0, 0.1) is 17.0 Å². The maximum absolute atomic E-state index is 13.1. The van der Waals surface area contributed by atoms with Crippen LogP contribution >= 0.6 is 11.6 Å². The molecule has 0 aromatic heterocycles. The van der Waals surface area contributed by atoms with E-state index in [-0.39, 0.29) is 28.8 Å². The SMILES string of the molecule is N=C(N)c1c(Cl)cccc1OCc1cc(F)cc(F)c1. The van der Waals surface area contributed by atoms with Gasteiger partial charge in [-0.15, -0.1) is 0 Å². The fraction of sp³-hybridized carbons (Fsp3) is 0.0714. The lowest BCUT2D eigenvalue weighted by molar-refractivity contribution is 0.304. The summed E-state index contributed by atoms with van der Waals surface area (Å²) >= 11 is 5.94. The van der Waals surface area contributed by atoms with Crippen LogP contribution in [0.15, 0.2) is 36.4 Å². The maximum atomic E-state index is 13.1. The van der Waals surface area contributed by atoms with E-state index in [2.05, 4.69) is 0 Å². The topological polar surface area (TPSA) is 59.1 Å². The Kier molecular flexibility index (Phi) is 4.20. The van der Waals surface area contributed by atoms with E-state index >= 15 is 0 Å². The fourth-order valence-corrected chi connectivity index (χ4v) is 2.01. The Morgan fingerprint density at radius 1 is 1.20 bits per heavy atom. The van der Waals surface area contributed by atoms with Crippen molar-refractivity contribution in [1.29, 1.82) is 5.41 Å². The van der Waals surface area contributed by atoms with E-state index in [1.807, 2.05) is 0 Å². The summed E-state index contributed by atoms with van der Waals surface area (Å²) in [6, 6.07) is 7.91. The molecule has 0 atom stereocenters. The predicted molar refractivity (Wildman–Crippen MR) is 73.2 cm³/mol. The van der Waals surface area contributed by atoms with E-state index in [1.54, 1.807) is 18.2 Å². The minimum atomic E-state index is -0.679. The molecule has 0 amide bonds. The minimum Gasteiger partial charge on any atom is -0.488 e. The normalized spacial score (nSPS) is 10.3. The second-order valence-electron chi connectivity index (χ2n) is 4.09. The van der Waals surface area contributed by atoms with Crippen LogP contribution in [0.25, 0.3) is 0 Å². The highest BCUT2D eigenvalue weighted by molar-refractivity contribution is 6.34. The Morgan fingerprint density at radius 3 is 2.45 bits per heavy atom. The molecule has 0 aliphatic carbocycles. The number of rotatable bonds is 4. The number of nitrogens with two attached hydrogens (primary N) is 1. The van der Waals surface area contributed by atoms with Crippen LogP contribution in [-0.4, -0.2) is 5.84 Å². The fourth-order valence-electron chi connectivity index (χ4n) is 1.74. The van der Waals surface area contributed by atoms with E-state index in [0.29, 0.717) is 5.56 Å². The number of amidine groups is 1. The van der Waals surface area contributed by atoms with Crippen LogP contribution in [-0.2, 0) is 6.61 Å². The van der Waals surface area contributed by atoms with Gasteiger partial charge in [-0.3, -0.25) is 5.41 Å². The summed E-state index contributed by atoms with van der Waals surface area (Å²) in [7, 11) is 0. The molecule has 2 rings (SSSR count). The molecule has 0 aliphatic heterocycles. The number of benzene rings is 2. The molecule has 6 heteroatoms. The first-order chi connectivity index (χ1) is 9.47. The molecule has 0 fully saturated rings. The molecule has 104 valence electrons. The average molecular weight is 297 g/mol. The van der Waals surface area contributed by atoms with Gasteiger partial charge in [0, 0.05) is 6.07 Å². The number of ether oxygens (including phenoxy) is 1. The lowest BCUT2D eigenvalue weighted by Gasteiger charge is -2.12. The molecule has 0 saturated heterocycles. The van der Waals surface area contributed by atoms with Crippen LogP contribution in [0.5, 0.6) is 5.75 Å². The monoisotopic (exact) mass is 296 g/mol. The van der Waals surface area contributed by atoms with Crippen molar-refractivity contribution in [1.82, 2.24) is 0 Å². The smallest absolute Gasteiger partial charge is 0.132 e. The summed E-state index contributed by atoms with van der Waals surface area (Å²) in [6.07, 6.45) is 0.